The van der Waals surface area contributed by atoms with Crippen LogP contribution >= 0.6 is 0 Å². The monoisotopic (exact) mass is 529 g/mol. The molecule has 2 saturated heterocycles. The smallest absolute Gasteiger partial charge is 0.303 e. The zero-order valence-electron chi connectivity index (χ0n) is 21.6. The molecule has 0 N–H and O–H groups in total. The summed E-state index contributed by atoms with van der Waals surface area (Å²) in [5, 5.41) is 0. The third kappa shape index (κ3) is 6.07. The zero-order chi connectivity index (χ0) is 26.6. The highest BCUT2D eigenvalue weighted by atomic mass is 32.2. The van der Waals surface area contributed by atoms with Gasteiger partial charge in [0.25, 0.3) is 5.91 Å². The van der Waals surface area contributed by atoms with Crippen molar-refractivity contribution < 1.29 is 27.5 Å². The van der Waals surface area contributed by atoms with Crippen LogP contribution in [0.1, 0.15) is 38.4 Å². The molecule has 200 valence electrons. The normalized spacial score (nSPS) is 19.8. The Kier molecular flexibility index (Phi) is 8.39. The standard InChI is InChI=1S/C27H35N3O6S/c1-20-8-7-13-30(19-20)37(33,34)23-11-12-25(35-3)24(18-23)28-14-16-29(17-15-28)27(32)26(36-21(2)31)22-9-5-4-6-10-22/h4-6,9-12,18,20,26H,7-8,13-17,19H2,1-3H3/t20-,26-/m0/s1. The summed E-state index contributed by atoms with van der Waals surface area (Å²) < 4.78 is 39.3. The van der Waals surface area contributed by atoms with Gasteiger partial charge in [0, 0.05) is 51.8 Å². The molecule has 10 heteroatoms. The molecule has 0 bridgehead atoms. The first kappa shape index (κ1) is 26.9. The quantitative estimate of drug-likeness (QED) is 0.509. The summed E-state index contributed by atoms with van der Waals surface area (Å²) in [6.07, 6.45) is 0.891. The molecule has 2 aromatic carbocycles. The third-order valence-electron chi connectivity index (χ3n) is 6.95. The number of carbonyl (C=O) groups excluding carboxylic acids is 2. The number of benzene rings is 2. The van der Waals surface area contributed by atoms with Gasteiger partial charge in [0.1, 0.15) is 5.75 Å². The SMILES string of the molecule is COc1ccc(S(=O)(=O)N2CCC[C@H](C)C2)cc1N1CCN(C(=O)[C@@H](OC(C)=O)c2ccccc2)CC1. The first-order valence-corrected chi connectivity index (χ1v) is 14.1. The second-order valence-electron chi connectivity index (χ2n) is 9.66. The van der Waals surface area contributed by atoms with Crippen LogP contribution in [0.5, 0.6) is 5.75 Å². The van der Waals surface area contributed by atoms with Gasteiger partial charge in [-0.25, -0.2) is 8.42 Å². The van der Waals surface area contributed by atoms with Gasteiger partial charge in [0.05, 0.1) is 17.7 Å². The van der Waals surface area contributed by atoms with Crippen LogP contribution in [0.3, 0.4) is 0 Å². The number of methoxy groups -OCH3 is 1. The Bertz CT molecular complexity index is 1210. The van der Waals surface area contributed by atoms with E-state index in [4.69, 9.17) is 9.47 Å². The maximum atomic E-state index is 13.4. The van der Waals surface area contributed by atoms with Crippen molar-refractivity contribution in [1.82, 2.24) is 9.21 Å². The number of ether oxygens (including phenoxy) is 2. The third-order valence-corrected chi connectivity index (χ3v) is 8.81. The summed E-state index contributed by atoms with van der Waals surface area (Å²) in [7, 11) is -2.06. The Hall–Kier alpha value is -3.11. The molecule has 2 atom stereocenters. The van der Waals surface area contributed by atoms with Gasteiger partial charge in [-0.2, -0.15) is 4.31 Å². The van der Waals surface area contributed by atoms with E-state index in [9.17, 15) is 18.0 Å². The lowest BCUT2D eigenvalue weighted by Gasteiger charge is -2.38. The Morgan fingerprint density at radius 2 is 1.70 bits per heavy atom. The maximum Gasteiger partial charge on any atom is 0.303 e. The van der Waals surface area contributed by atoms with E-state index in [1.165, 1.54) is 6.92 Å². The molecule has 4 rings (SSSR count). The van der Waals surface area contributed by atoms with Crippen LogP contribution in [0, 0.1) is 5.92 Å². The molecule has 2 aromatic rings. The van der Waals surface area contributed by atoms with Crippen LogP contribution < -0.4 is 9.64 Å². The first-order valence-electron chi connectivity index (χ1n) is 12.6. The van der Waals surface area contributed by atoms with E-state index >= 15 is 0 Å². The number of sulfonamides is 1. The van der Waals surface area contributed by atoms with Gasteiger partial charge in [-0.1, -0.05) is 37.3 Å². The molecule has 0 aliphatic carbocycles. The van der Waals surface area contributed by atoms with Crippen LogP contribution in [0.2, 0.25) is 0 Å². The molecular formula is C27H35N3O6S. The molecule has 2 heterocycles. The summed E-state index contributed by atoms with van der Waals surface area (Å²) in [4.78, 5) is 29.0. The predicted octanol–water partition coefficient (Wildman–Crippen LogP) is 3.07. The van der Waals surface area contributed by atoms with E-state index in [-0.39, 0.29) is 10.8 Å². The number of piperazine rings is 1. The predicted molar refractivity (Wildman–Crippen MR) is 140 cm³/mol. The highest BCUT2D eigenvalue weighted by molar-refractivity contribution is 7.89. The molecule has 0 unspecified atom stereocenters. The minimum absolute atomic E-state index is 0.245. The second-order valence-corrected chi connectivity index (χ2v) is 11.6. The van der Waals surface area contributed by atoms with Crippen molar-refractivity contribution >= 4 is 27.6 Å². The topological polar surface area (TPSA) is 96.5 Å². The Labute approximate surface area is 219 Å². The fraction of sp³-hybridized carbons (Fsp3) is 0.481. The van der Waals surface area contributed by atoms with E-state index in [0.717, 1.165) is 12.8 Å². The van der Waals surface area contributed by atoms with Crippen LogP contribution in [-0.2, 0) is 24.3 Å². The number of piperidine rings is 1. The first-order chi connectivity index (χ1) is 17.7. The minimum Gasteiger partial charge on any atom is -0.495 e. The van der Waals surface area contributed by atoms with Gasteiger partial charge in [0.15, 0.2) is 0 Å². The Morgan fingerprint density at radius 1 is 1.00 bits per heavy atom. The molecule has 1 amide bonds. The van der Waals surface area contributed by atoms with Crippen LogP contribution in [0.15, 0.2) is 53.4 Å². The molecule has 0 saturated carbocycles. The van der Waals surface area contributed by atoms with Crippen molar-refractivity contribution in [3.63, 3.8) is 0 Å². The van der Waals surface area contributed by atoms with Gasteiger partial charge in [-0.05, 0) is 37.0 Å². The molecule has 2 fully saturated rings. The summed E-state index contributed by atoms with van der Waals surface area (Å²) in [6.45, 7) is 6.17. The van der Waals surface area contributed by atoms with Crippen molar-refractivity contribution in [2.24, 2.45) is 5.92 Å². The second kappa shape index (κ2) is 11.5. The van der Waals surface area contributed by atoms with Gasteiger partial charge in [0.2, 0.25) is 16.1 Å². The van der Waals surface area contributed by atoms with Gasteiger partial charge >= 0.3 is 5.97 Å². The fourth-order valence-corrected chi connectivity index (χ4v) is 6.60. The average molecular weight is 530 g/mol. The molecule has 2 aliphatic heterocycles. The lowest BCUT2D eigenvalue weighted by Crippen LogP contribution is -2.50. The van der Waals surface area contributed by atoms with E-state index in [0.29, 0.717) is 62.2 Å². The van der Waals surface area contributed by atoms with E-state index < -0.39 is 22.1 Å². The number of rotatable bonds is 7. The van der Waals surface area contributed by atoms with Crippen LogP contribution in [0.25, 0.3) is 0 Å². The molecule has 2 aliphatic rings. The van der Waals surface area contributed by atoms with Crippen molar-refractivity contribution in [2.45, 2.75) is 37.7 Å². The van der Waals surface area contributed by atoms with Crippen molar-refractivity contribution in [1.29, 1.82) is 0 Å². The van der Waals surface area contributed by atoms with Gasteiger partial charge in [-0.15, -0.1) is 0 Å². The van der Waals surface area contributed by atoms with E-state index in [1.54, 1.807) is 58.8 Å². The highest BCUT2D eigenvalue weighted by Crippen LogP contribution is 2.34. The lowest BCUT2D eigenvalue weighted by molar-refractivity contribution is -0.159. The number of amides is 1. The highest BCUT2D eigenvalue weighted by Gasteiger charge is 2.33. The molecule has 0 spiro atoms. The van der Waals surface area contributed by atoms with Crippen LogP contribution in [-0.4, -0.2) is 75.9 Å². The Balaban J connectivity index is 1.51. The summed E-state index contributed by atoms with van der Waals surface area (Å²) >= 11 is 0. The number of esters is 1. The molecular weight excluding hydrogens is 494 g/mol. The number of anilines is 1. The molecule has 37 heavy (non-hydrogen) atoms. The largest absolute Gasteiger partial charge is 0.495 e. The molecule has 0 radical (unpaired) electrons. The fourth-order valence-electron chi connectivity index (χ4n) is 4.98. The number of hydrogen-bond donors (Lipinski definition) is 0. The van der Waals surface area contributed by atoms with Crippen molar-refractivity contribution in [3.8, 4) is 5.75 Å². The minimum atomic E-state index is -3.62. The molecule has 9 nitrogen and oxygen atoms in total. The zero-order valence-corrected chi connectivity index (χ0v) is 22.4. The van der Waals surface area contributed by atoms with E-state index in [2.05, 4.69) is 6.92 Å². The summed E-state index contributed by atoms with van der Waals surface area (Å²) in [5.41, 5.74) is 1.30. The summed E-state index contributed by atoms with van der Waals surface area (Å²) in [5.74, 6) is 0.113. The van der Waals surface area contributed by atoms with Gasteiger partial charge < -0.3 is 19.3 Å². The van der Waals surface area contributed by atoms with Crippen molar-refractivity contribution in [2.75, 3.05) is 51.3 Å². The lowest BCUT2D eigenvalue weighted by atomic mass is 10.0. The molecule has 0 aromatic heterocycles. The average Bonchev–Trinajstić information content (AvgIpc) is 2.91. The van der Waals surface area contributed by atoms with Gasteiger partial charge in [-0.3, -0.25) is 9.59 Å². The number of hydrogen-bond acceptors (Lipinski definition) is 7. The maximum absolute atomic E-state index is 13.4. The van der Waals surface area contributed by atoms with E-state index in [1.807, 2.05) is 11.0 Å². The number of carbonyl (C=O) groups is 2. The number of nitrogens with zero attached hydrogens (tertiary/aromatic N) is 3. The Morgan fingerprint density at radius 3 is 2.32 bits per heavy atom. The summed E-state index contributed by atoms with van der Waals surface area (Å²) in [6, 6.07) is 13.9. The van der Waals surface area contributed by atoms with Crippen LogP contribution in [0.4, 0.5) is 5.69 Å². The van der Waals surface area contributed by atoms with Crippen molar-refractivity contribution in [3.05, 3.63) is 54.1 Å².